The quantitative estimate of drug-likeness (QED) is 0.844. The zero-order valence-electron chi connectivity index (χ0n) is 17.4. The van der Waals surface area contributed by atoms with Gasteiger partial charge < -0.3 is 19.9 Å². The summed E-state index contributed by atoms with van der Waals surface area (Å²) in [5, 5.41) is 3.03. The average Bonchev–Trinajstić information content (AvgIpc) is 2.73. The number of methoxy groups -OCH3 is 1. The van der Waals surface area contributed by atoms with Gasteiger partial charge in [-0.2, -0.15) is 0 Å². The van der Waals surface area contributed by atoms with E-state index in [1.54, 1.807) is 7.11 Å². The third-order valence-electron chi connectivity index (χ3n) is 6.19. The van der Waals surface area contributed by atoms with Crippen molar-refractivity contribution in [2.75, 3.05) is 45.2 Å². The van der Waals surface area contributed by atoms with Gasteiger partial charge in [-0.1, -0.05) is 13.0 Å². The monoisotopic (exact) mass is 387 g/mol. The predicted octanol–water partition coefficient (Wildman–Crippen LogP) is 2.91. The smallest absolute Gasteiger partial charge is 0.227 e. The number of piperazine rings is 1. The molecule has 28 heavy (non-hydrogen) atoms. The number of nitrogens with one attached hydrogen (secondary N) is 1. The molecule has 1 aliphatic heterocycles. The number of hydrogen-bond acceptors (Lipinski definition) is 4. The van der Waals surface area contributed by atoms with Crippen molar-refractivity contribution in [1.29, 1.82) is 0 Å². The number of anilines is 1. The van der Waals surface area contributed by atoms with Crippen molar-refractivity contribution in [2.24, 2.45) is 11.8 Å². The Labute approximate surface area is 168 Å². The van der Waals surface area contributed by atoms with E-state index >= 15 is 0 Å². The molecule has 1 saturated carbocycles. The highest BCUT2D eigenvalue weighted by molar-refractivity contribution is 5.94. The lowest BCUT2D eigenvalue weighted by Crippen LogP contribution is -2.50. The van der Waals surface area contributed by atoms with Crippen LogP contribution >= 0.6 is 0 Å². The molecule has 1 aromatic rings. The van der Waals surface area contributed by atoms with Gasteiger partial charge in [-0.25, -0.2) is 0 Å². The van der Waals surface area contributed by atoms with Gasteiger partial charge in [0.1, 0.15) is 5.75 Å². The van der Waals surface area contributed by atoms with Crippen molar-refractivity contribution < 1.29 is 14.3 Å². The maximum atomic E-state index is 12.8. The first-order chi connectivity index (χ1) is 13.5. The first kappa shape index (κ1) is 20.6. The van der Waals surface area contributed by atoms with Crippen molar-refractivity contribution >= 4 is 17.5 Å². The molecule has 154 valence electrons. The second-order valence-corrected chi connectivity index (χ2v) is 8.00. The summed E-state index contributed by atoms with van der Waals surface area (Å²) in [7, 11) is 1.61. The van der Waals surface area contributed by atoms with Crippen molar-refractivity contribution in [3.05, 3.63) is 23.8 Å². The van der Waals surface area contributed by atoms with Crippen LogP contribution in [0.25, 0.3) is 0 Å². The fourth-order valence-electron chi connectivity index (χ4n) is 4.30. The Balaban J connectivity index is 1.50. The van der Waals surface area contributed by atoms with Gasteiger partial charge in [-0.05, 0) is 56.8 Å². The van der Waals surface area contributed by atoms with Crippen LogP contribution in [0.3, 0.4) is 0 Å². The largest absolute Gasteiger partial charge is 0.495 e. The summed E-state index contributed by atoms with van der Waals surface area (Å²) in [4.78, 5) is 30.0. The number of nitrogens with zero attached hydrogens (tertiary/aromatic N) is 2. The van der Waals surface area contributed by atoms with Crippen molar-refractivity contribution in [2.45, 2.75) is 39.5 Å². The SMILES string of the molecule is CCN1CCN(C(=O)C2CCC(C(=O)Nc3cc(C)ccc3OC)CC2)CC1. The molecule has 1 aromatic carbocycles. The minimum Gasteiger partial charge on any atom is -0.495 e. The van der Waals surface area contributed by atoms with E-state index in [1.165, 1.54) is 0 Å². The fraction of sp³-hybridized carbons (Fsp3) is 0.636. The highest BCUT2D eigenvalue weighted by atomic mass is 16.5. The maximum absolute atomic E-state index is 12.8. The van der Waals surface area contributed by atoms with Crippen LogP contribution in [0, 0.1) is 18.8 Å². The molecule has 0 atom stereocenters. The molecule has 2 fully saturated rings. The fourth-order valence-corrected chi connectivity index (χ4v) is 4.30. The molecule has 0 aromatic heterocycles. The van der Waals surface area contributed by atoms with Gasteiger partial charge >= 0.3 is 0 Å². The minimum atomic E-state index is -0.0359. The second kappa shape index (κ2) is 9.41. The molecule has 1 N–H and O–H groups in total. The number of carbonyl (C=O) groups excluding carboxylic acids is 2. The number of rotatable bonds is 5. The lowest BCUT2D eigenvalue weighted by molar-refractivity contribution is -0.139. The van der Waals surface area contributed by atoms with Crippen LogP contribution in [0.1, 0.15) is 38.2 Å². The van der Waals surface area contributed by atoms with Crippen LogP contribution in [0.15, 0.2) is 18.2 Å². The number of likely N-dealkylation sites (N-methyl/N-ethyl adjacent to an activating group) is 1. The van der Waals surface area contributed by atoms with Gasteiger partial charge in [0, 0.05) is 38.0 Å². The van der Waals surface area contributed by atoms with E-state index in [9.17, 15) is 9.59 Å². The number of hydrogen-bond donors (Lipinski definition) is 1. The molecular formula is C22H33N3O3. The molecule has 0 bridgehead atoms. The Hall–Kier alpha value is -2.08. The lowest BCUT2D eigenvalue weighted by Gasteiger charge is -2.37. The number of ether oxygens (including phenoxy) is 1. The van der Waals surface area contributed by atoms with E-state index in [-0.39, 0.29) is 23.7 Å². The maximum Gasteiger partial charge on any atom is 0.227 e. The molecule has 0 radical (unpaired) electrons. The van der Waals surface area contributed by atoms with E-state index in [0.29, 0.717) is 5.75 Å². The number of carbonyl (C=O) groups is 2. The molecule has 6 nitrogen and oxygen atoms in total. The number of aryl methyl sites for hydroxylation is 1. The van der Waals surface area contributed by atoms with Gasteiger partial charge in [0.2, 0.25) is 11.8 Å². The lowest BCUT2D eigenvalue weighted by atomic mass is 9.80. The second-order valence-electron chi connectivity index (χ2n) is 8.00. The molecule has 3 rings (SSSR count). The summed E-state index contributed by atoms with van der Waals surface area (Å²) in [6.07, 6.45) is 3.14. The summed E-state index contributed by atoms with van der Waals surface area (Å²) in [6, 6.07) is 5.77. The van der Waals surface area contributed by atoms with Crippen LogP contribution in [-0.4, -0.2) is 61.4 Å². The summed E-state index contributed by atoms with van der Waals surface area (Å²) in [5.41, 5.74) is 1.80. The van der Waals surface area contributed by atoms with Gasteiger partial charge in [0.25, 0.3) is 0 Å². The first-order valence-electron chi connectivity index (χ1n) is 10.5. The molecule has 0 spiro atoms. The molecule has 2 aliphatic rings. The van der Waals surface area contributed by atoms with E-state index in [0.717, 1.165) is 69.7 Å². The van der Waals surface area contributed by atoms with Gasteiger partial charge in [-0.15, -0.1) is 0 Å². The average molecular weight is 388 g/mol. The van der Waals surface area contributed by atoms with Crippen LogP contribution in [-0.2, 0) is 9.59 Å². The van der Waals surface area contributed by atoms with Crippen LogP contribution in [0.4, 0.5) is 5.69 Å². The van der Waals surface area contributed by atoms with Gasteiger partial charge in [0.05, 0.1) is 12.8 Å². The van der Waals surface area contributed by atoms with Crippen LogP contribution in [0.2, 0.25) is 0 Å². The molecule has 0 unspecified atom stereocenters. The van der Waals surface area contributed by atoms with Crippen LogP contribution in [0.5, 0.6) is 5.75 Å². The van der Waals surface area contributed by atoms with Crippen molar-refractivity contribution in [3.8, 4) is 5.75 Å². The summed E-state index contributed by atoms with van der Waals surface area (Å²) >= 11 is 0. The predicted molar refractivity (Wildman–Crippen MR) is 111 cm³/mol. The number of benzene rings is 1. The molecule has 2 amide bonds. The molecule has 1 saturated heterocycles. The van der Waals surface area contributed by atoms with E-state index in [1.807, 2.05) is 30.0 Å². The topological polar surface area (TPSA) is 61.9 Å². The highest BCUT2D eigenvalue weighted by Gasteiger charge is 2.33. The highest BCUT2D eigenvalue weighted by Crippen LogP contribution is 2.32. The normalized spacial score (nSPS) is 23.3. The number of amides is 2. The van der Waals surface area contributed by atoms with Crippen LogP contribution < -0.4 is 10.1 Å². The van der Waals surface area contributed by atoms with Crippen molar-refractivity contribution in [3.63, 3.8) is 0 Å². The molecule has 1 aliphatic carbocycles. The Morgan fingerprint density at radius 3 is 2.32 bits per heavy atom. The van der Waals surface area contributed by atoms with E-state index in [2.05, 4.69) is 17.1 Å². The third-order valence-corrected chi connectivity index (χ3v) is 6.19. The summed E-state index contributed by atoms with van der Waals surface area (Å²) < 4.78 is 5.35. The third kappa shape index (κ3) is 4.85. The zero-order valence-corrected chi connectivity index (χ0v) is 17.4. The minimum absolute atomic E-state index is 0.0337. The Kier molecular flexibility index (Phi) is 6.94. The Morgan fingerprint density at radius 2 is 1.71 bits per heavy atom. The zero-order chi connectivity index (χ0) is 20.1. The summed E-state index contributed by atoms with van der Waals surface area (Å²) in [6.45, 7) is 8.81. The standard InChI is InChI=1S/C22H33N3O3/c1-4-24-11-13-25(14-12-24)22(27)18-8-6-17(7-9-18)21(26)23-19-15-16(2)5-10-20(19)28-3/h5,10,15,17-18H,4,6-9,11-14H2,1-3H3,(H,23,26). The van der Waals surface area contributed by atoms with Gasteiger partial charge in [-0.3, -0.25) is 9.59 Å². The molecule has 6 heteroatoms. The first-order valence-corrected chi connectivity index (χ1v) is 10.5. The summed E-state index contributed by atoms with van der Waals surface area (Å²) in [5.74, 6) is 1.03. The Morgan fingerprint density at radius 1 is 1.07 bits per heavy atom. The molecular weight excluding hydrogens is 354 g/mol. The van der Waals surface area contributed by atoms with E-state index < -0.39 is 0 Å². The molecule has 1 heterocycles. The van der Waals surface area contributed by atoms with E-state index in [4.69, 9.17) is 4.74 Å². The van der Waals surface area contributed by atoms with Gasteiger partial charge in [0.15, 0.2) is 0 Å². The Bertz CT molecular complexity index is 690. The van der Waals surface area contributed by atoms with Crippen molar-refractivity contribution in [1.82, 2.24) is 9.80 Å².